The zero-order chi connectivity index (χ0) is 14.4. The summed E-state index contributed by atoms with van der Waals surface area (Å²) in [4.78, 5) is 19.7. The van der Waals surface area contributed by atoms with Gasteiger partial charge in [-0.1, -0.05) is 26.0 Å². The molecule has 5 nitrogen and oxygen atoms in total. The Bertz CT molecular complexity index is 552. The fourth-order valence-electron chi connectivity index (χ4n) is 1.56. The highest BCUT2D eigenvalue weighted by Gasteiger charge is 2.06. The number of rotatable bonds is 5. The van der Waals surface area contributed by atoms with Crippen LogP contribution in [0.4, 0.5) is 11.6 Å². The van der Waals surface area contributed by atoms with Crippen molar-refractivity contribution in [3.8, 4) is 0 Å². The minimum absolute atomic E-state index is 0.0217. The van der Waals surface area contributed by atoms with Gasteiger partial charge >= 0.3 is 0 Å². The summed E-state index contributed by atoms with van der Waals surface area (Å²) in [6.07, 6.45) is 3.39. The molecule has 104 valence electrons. The third-order valence-electron chi connectivity index (χ3n) is 2.76. The van der Waals surface area contributed by atoms with E-state index in [4.69, 9.17) is 0 Å². The zero-order valence-electron chi connectivity index (χ0n) is 11.6. The lowest BCUT2D eigenvalue weighted by Crippen LogP contribution is -2.17. The molecule has 0 aliphatic rings. The van der Waals surface area contributed by atoms with E-state index in [1.807, 2.05) is 38.1 Å². The highest BCUT2D eigenvalue weighted by atomic mass is 16.1. The molecular formula is C15H18N4O. The normalized spacial score (nSPS) is 10.3. The fraction of sp³-hybridized carbons (Fsp3) is 0.267. The Morgan fingerprint density at radius 3 is 2.40 bits per heavy atom. The fourth-order valence-corrected chi connectivity index (χ4v) is 1.56. The summed E-state index contributed by atoms with van der Waals surface area (Å²) in [6, 6.07) is 9.49. The van der Waals surface area contributed by atoms with Crippen molar-refractivity contribution in [2.24, 2.45) is 5.92 Å². The van der Waals surface area contributed by atoms with Gasteiger partial charge in [0.15, 0.2) is 0 Å². The molecule has 5 heteroatoms. The number of carbonyl (C=O) groups is 1. The van der Waals surface area contributed by atoms with E-state index >= 15 is 0 Å². The van der Waals surface area contributed by atoms with Crippen LogP contribution in [0, 0.1) is 5.92 Å². The van der Waals surface area contributed by atoms with Crippen molar-refractivity contribution in [3.63, 3.8) is 0 Å². The number of carbonyl (C=O) groups excluding carboxylic acids is 1. The molecule has 0 radical (unpaired) electrons. The molecule has 0 aliphatic carbocycles. The zero-order valence-corrected chi connectivity index (χ0v) is 11.6. The van der Waals surface area contributed by atoms with Gasteiger partial charge in [0.05, 0.1) is 0 Å². The Labute approximate surface area is 118 Å². The van der Waals surface area contributed by atoms with E-state index in [0.29, 0.717) is 12.5 Å². The lowest BCUT2D eigenvalue weighted by atomic mass is 10.1. The Hall–Kier alpha value is -2.43. The van der Waals surface area contributed by atoms with Gasteiger partial charge < -0.3 is 10.6 Å². The molecule has 0 aliphatic heterocycles. The molecule has 0 fully saturated rings. The quantitative estimate of drug-likeness (QED) is 0.876. The van der Waals surface area contributed by atoms with Gasteiger partial charge in [-0.25, -0.2) is 9.97 Å². The molecule has 20 heavy (non-hydrogen) atoms. The maximum Gasteiger partial charge on any atom is 0.226 e. The summed E-state index contributed by atoms with van der Waals surface area (Å²) in [6.45, 7) is 4.38. The molecule has 0 saturated carbocycles. The van der Waals surface area contributed by atoms with Crippen molar-refractivity contribution in [1.82, 2.24) is 9.97 Å². The summed E-state index contributed by atoms with van der Waals surface area (Å²) < 4.78 is 0. The predicted molar refractivity (Wildman–Crippen MR) is 79.3 cm³/mol. The van der Waals surface area contributed by atoms with Crippen LogP contribution >= 0.6 is 0 Å². The first kappa shape index (κ1) is 14.0. The van der Waals surface area contributed by atoms with E-state index in [1.54, 1.807) is 18.5 Å². The van der Waals surface area contributed by atoms with Gasteiger partial charge in [0.2, 0.25) is 11.9 Å². The average molecular weight is 270 g/mol. The first-order chi connectivity index (χ1) is 9.65. The number of anilines is 2. The van der Waals surface area contributed by atoms with Gasteiger partial charge in [0.25, 0.3) is 0 Å². The monoisotopic (exact) mass is 270 g/mol. The number of nitrogens with one attached hydrogen (secondary N) is 2. The van der Waals surface area contributed by atoms with Crippen LogP contribution < -0.4 is 10.6 Å². The first-order valence-electron chi connectivity index (χ1n) is 6.56. The molecule has 0 spiro atoms. The lowest BCUT2D eigenvalue weighted by Gasteiger charge is -2.09. The second kappa shape index (κ2) is 6.65. The summed E-state index contributed by atoms with van der Waals surface area (Å²) in [5.41, 5.74) is 1.91. The molecule has 2 N–H and O–H groups in total. The smallest absolute Gasteiger partial charge is 0.226 e. The molecule has 1 aromatic carbocycles. The molecule has 2 rings (SSSR count). The van der Waals surface area contributed by atoms with E-state index in [-0.39, 0.29) is 11.8 Å². The summed E-state index contributed by atoms with van der Waals surface area (Å²) in [7, 11) is 0. The molecule has 0 bridgehead atoms. The molecule has 1 heterocycles. The Kier molecular flexibility index (Phi) is 4.65. The van der Waals surface area contributed by atoms with Crippen molar-refractivity contribution >= 4 is 17.5 Å². The van der Waals surface area contributed by atoms with Crippen molar-refractivity contribution < 1.29 is 4.79 Å². The third-order valence-corrected chi connectivity index (χ3v) is 2.76. The van der Waals surface area contributed by atoms with Crippen LogP contribution in [0.3, 0.4) is 0 Å². The van der Waals surface area contributed by atoms with E-state index in [0.717, 1.165) is 11.3 Å². The standard InChI is InChI=1S/C15H18N4O/c1-11(2)14(20)19-13-6-4-12(5-7-13)10-18-15-16-8-3-9-17-15/h3-9,11H,10H2,1-2H3,(H,19,20)(H,16,17,18). The van der Waals surface area contributed by atoms with Crippen molar-refractivity contribution in [2.75, 3.05) is 10.6 Å². The number of nitrogens with zero attached hydrogens (tertiary/aromatic N) is 2. The van der Waals surface area contributed by atoms with Crippen LogP contribution in [0.25, 0.3) is 0 Å². The summed E-state index contributed by atoms with van der Waals surface area (Å²) >= 11 is 0. The Balaban J connectivity index is 1.90. The van der Waals surface area contributed by atoms with Gasteiger partial charge in [0, 0.05) is 30.5 Å². The lowest BCUT2D eigenvalue weighted by molar-refractivity contribution is -0.118. The molecule has 2 aromatic rings. The van der Waals surface area contributed by atoms with Crippen molar-refractivity contribution in [3.05, 3.63) is 48.3 Å². The maximum absolute atomic E-state index is 11.6. The summed E-state index contributed by atoms with van der Waals surface area (Å²) in [5.74, 6) is 0.602. The first-order valence-corrected chi connectivity index (χ1v) is 6.56. The van der Waals surface area contributed by atoms with E-state index in [9.17, 15) is 4.79 Å². The van der Waals surface area contributed by atoms with Crippen LogP contribution in [0.2, 0.25) is 0 Å². The number of hydrogen-bond donors (Lipinski definition) is 2. The van der Waals surface area contributed by atoms with E-state index in [1.165, 1.54) is 0 Å². The van der Waals surface area contributed by atoms with Gasteiger partial charge in [-0.05, 0) is 23.8 Å². The summed E-state index contributed by atoms with van der Waals surface area (Å²) in [5, 5.41) is 5.99. The Morgan fingerprint density at radius 2 is 1.80 bits per heavy atom. The topological polar surface area (TPSA) is 66.9 Å². The van der Waals surface area contributed by atoms with Gasteiger partial charge in [-0.15, -0.1) is 0 Å². The molecular weight excluding hydrogens is 252 g/mol. The average Bonchev–Trinajstić information content (AvgIpc) is 2.47. The van der Waals surface area contributed by atoms with Crippen LogP contribution in [0.1, 0.15) is 19.4 Å². The number of amides is 1. The van der Waals surface area contributed by atoms with E-state index in [2.05, 4.69) is 20.6 Å². The molecule has 0 atom stereocenters. The van der Waals surface area contributed by atoms with Crippen LogP contribution in [-0.2, 0) is 11.3 Å². The predicted octanol–water partition coefficient (Wildman–Crippen LogP) is 2.68. The second-order valence-electron chi connectivity index (χ2n) is 4.77. The number of benzene rings is 1. The molecule has 0 saturated heterocycles. The SMILES string of the molecule is CC(C)C(=O)Nc1ccc(CNc2ncccn2)cc1. The molecule has 1 aromatic heterocycles. The second-order valence-corrected chi connectivity index (χ2v) is 4.77. The molecule has 1 amide bonds. The maximum atomic E-state index is 11.6. The minimum atomic E-state index is -0.0217. The van der Waals surface area contributed by atoms with Crippen LogP contribution in [0.5, 0.6) is 0 Å². The number of hydrogen-bond acceptors (Lipinski definition) is 4. The van der Waals surface area contributed by atoms with Crippen molar-refractivity contribution in [2.45, 2.75) is 20.4 Å². The van der Waals surface area contributed by atoms with Gasteiger partial charge in [0.1, 0.15) is 0 Å². The highest BCUT2D eigenvalue weighted by molar-refractivity contribution is 5.92. The Morgan fingerprint density at radius 1 is 1.15 bits per heavy atom. The van der Waals surface area contributed by atoms with Gasteiger partial charge in [-0.2, -0.15) is 0 Å². The van der Waals surface area contributed by atoms with E-state index < -0.39 is 0 Å². The van der Waals surface area contributed by atoms with Gasteiger partial charge in [-0.3, -0.25) is 4.79 Å². The highest BCUT2D eigenvalue weighted by Crippen LogP contribution is 2.11. The van der Waals surface area contributed by atoms with Crippen molar-refractivity contribution in [1.29, 1.82) is 0 Å². The van der Waals surface area contributed by atoms with Crippen LogP contribution in [0.15, 0.2) is 42.7 Å². The molecule has 0 unspecified atom stereocenters. The largest absolute Gasteiger partial charge is 0.350 e. The third kappa shape index (κ3) is 4.05. The minimum Gasteiger partial charge on any atom is -0.350 e. The van der Waals surface area contributed by atoms with Crippen LogP contribution in [-0.4, -0.2) is 15.9 Å². The number of aromatic nitrogens is 2.